The standard InChI is InChI=1S/C27H36F3N3O3S2/c1-26(2,3)33-38(35)22-10-9-18(16-20(22)27(28,29)30)23-21(15-17-7-5-4-6-8-17)32-25(37-23)24(34)31-19-11-13-36-14-12-19/h9-10,16-17,19,33H,4-8,11-15H2,1-3H3,(H,31,34). The van der Waals surface area contributed by atoms with Crippen molar-refractivity contribution in [3.05, 3.63) is 34.5 Å². The van der Waals surface area contributed by atoms with Crippen molar-refractivity contribution in [3.63, 3.8) is 0 Å². The molecule has 210 valence electrons. The molecule has 4 rings (SSSR count). The zero-order valence-electron chi connectivity index (χ0n) is 22.1. The fraction of sp³-hybridized carbons (Fsp3) is 0.630. The van der Waals surface area contributed by atoms with Gasteiger partial charge in [0, 0.05) is 24.8 Å². The van der Waals surface area contributed by atoms with Crippen LogP contribution in [0.4, 0.5) is 13.2 Å². The van der Waals surface area contributed by atoms with E-state index in [1.54, 1.807) is 26.8 Å². The maximum atomic E-state index is 14.2. The summed E-state index contributed by atoms with van der Waals surface area (Å²) in [5, 5.41) is 3.27. The van der Waals surface area contributed by atoms with Gasteiger partial charge < -0.3 is 10.1 Å². The summed E-state index contributed by atoms with van der Waals surface area (Å²) in [6.45, 7) is 6.40. The number of ether oxygens (including phenoxy) is 1. The van der Waals surface area contributed by atoms with E-state index < -0.39 is 28.3 Å². The summed E-state index contributed by atoms with van der Waals surface area (Å²) >= 11 is 1.13. The van der Waals surface area contributed by atoms with Crippen LogP contribution in [0.15, 0.2) is 23.1 Å². The lowest BCUT2D eigenvalue weighted by Crippen LogP contribution is -2.38. The van der Waals surface area contributed by atoms with Gasteiger partial charge in [0.15, 0.2) is 5.01 Å². The van der Waals surface area contributed by atoms with Gasteiger partial charge >= 0.3 is 6.18 Å². The van der Waals surface area contributed by atoms with Gasteiger partial charge in [-0.05, 0) is 63.6 Å². The third-order valence-corrected chi connectivity index (χ3v) is 9.50. The molecule has 1 unspecified atom stereocenters. The number of carbonyl (C=O) groups is 1. The van der Waals surface area contributed by atoms with Crippen molar-refractivity contribution in [1.82, 2.24) is 15.0 Å². The second kappa shape index (κ2) is 12.1. The van der Waals surface area contributed by atoms with E-state index in [0.29, 0.717) is 41.7 Å². The number of carbonyl (C=O) groups excluding carboxylic acids is 1. The Morgan fingerprint density at radius 2 is 1.79 bits per heavy atom. The Labute approximate surface area is 228 Å². The molecule has 1 saturated heterocycles. The van der Waals surface area contributed by atoms with E-state index in [1.165, 1.54) is 12.5 Å². The highest BCUT2D eigenvalue weighted by molar-refractivity contribution is 7.83. The number of hydrogen-bond donors (Lipinski definition) is 2. The van der Waals surface area contributed by atoms with Gasteiger partial charge in [-0.2, -0.15) is 13.2 Å². The summed E-state index contributed by atoms with van der Waals surface area (Å²) in [5.74, 6) is 0.0852. The normalized spacial score (nSPS) is 18.9. The van der Waals surface area contributed by atoms with E-state index >= 15 is 0 Å². The van der Waals surface area contributed by atoms with E-state index in [1.807, 2.05) is 0 Å². The summed E-state index contributed by atoms with van der Waals surface area (Å²) < 4.78 is 63.4. The predicted octanol–water partition coefficient (Wildman–Crippen LogP) is 6.27. The number of halogens is 3. The molecule has 1 atom stereocenters. The van der Waals surface area contributed by atoms with Crippen LogP contribution in [0.1, 0.15) is 86.8 Å². The fourth-order valence-corrected chi connectivity index (χ4v) is 7.18. The van der Waals surface area contributed by atoms with Crippen molar-refractivity contribution >= 4 is 28.2 Å². The van der Waals surface area contributed by atoms with Crippen LogP contribution in [0.2, 0.25) is 0 Å². The van der Waals surface area contributed by atoms with E-state index in [-0.39, 0.29) is 21.9 Å². The molecule has 1 saturated carbocycles. The Morgan fingerprint density at radius 3 is 2.42 bits per heavy atom. The Morgan fingerprint density at radius 1 is 1.11 bits per heavy atom. The van der Waals surface area contributed by atoms with Crippen LogP contribution in [-0.2, 0) is 28.3 Å². The molecule has 1 aliphatic carbocycles. The van der Waals surface area contributed by atoms with Gasteiger partial charge in [0.05, 0.1) is 21.0 Å². The summed E-state index contributed by atoms with van der Waals surface area (Å²) in [6.07, 6.45) is 2.89. The molecule has 2 aliphatic rings. The Kier molecular flexibility index (Phi) is 9.32. The molecule has 0 radical (unpaired) electrons. The van der Waals surface area contributed by atoms with Gasteiger partial charge in [-0.15, -0.1) is 11.3 Å². The minimum atomic E-state index is -4.70. The molecule has 1 amide bonds. The maximum Gasteiger partial charge on any atom is 0.417 e. The Bertz CT molecular complexity index is 1150. The summed E-state index contributed by atoms with van der Waals surface area (Å²) in [6, 6.07) is 3.88. The monoisotopic (exact) mass is 571 g/mol. The topological polar surface area (TPSA) is 80.3 Å². The van der Waals surface area contributed by atoms with Crippen molar-refractivity contribution in [1.29, 1.82) is 0 Å². The van der Waals surface area contributed by atoms with E-state index in [2.05, 4.69) is 15.0 Å². The lowest BCUT2D eigenvalue weighted by atomic mass is 9.85. The van der Waals surface area contributed by atoms with Gasteiger partial charge in [-0.1, -0.05) is 38.2 Å². The molecule has 11 heteroatoms. The molecule has 6 nitrogen and oxygen atoms in total. The molecule has 1 aromatic carbocycles. The molecular weight excluding hydrogens is 535 g/mol. The highest BCUT2D eigenvalue weighted by atomic mass is 32.2. The minimum Gasteiger partial charge on any atom is -0.381 e. The molecule has 0 bridgehead atoms. The lowest BCUT2D eigenvalue weighted by molar-refractivity contribution is -0.139. The number of benzene rings is 1. The third kappa shape index (κ3) is 7.64. The van der Waals surface area contributed by atoms with Crippen molar-refractivity contribution in [2.45, 2.75) is 94.8 Å². The number of thiazole rings is 1. The van der Waals surface area contributed by atoms with Crippen molar-refractivity contribution in [2.24, 2.45) is 5.92 Å². The molecular formula is C27H36F3N3O3S2. The molecule has 2 heterocycles. The molecule has 38 heavy (non-hydrogen) atoms. The van der Waals surface area contributed by atoms with Crippen LogP contribution >= 0.6 is 11.3 Å². The first-order valence-electron chi connectivity index (χ1n) is 13.2. The van der Waals surface area contributed by atoms with Crippen molar-refractivity contribution < 1.29 is 26.9 Å². The quantitative estimate of drug-likeness (QED) is 0.411. The number of amides is 1. The number of alkyl halides is 3. The molecule has 1 aromatic heterocycles. The van der Waals surface area contributed by atoms with Crippen molar-refractivity contribution in [2.75, 3.05) is 13.2 Å². The van der Waals surface area contributed by atoms with Crippen LogP contribution < -0.4 is 10.0 Å². The van der Waals surface area contributed by atoms with Crippen LogP contribution in [-0.4, -0.2) is 39.9 Å². The number of rotatable bonds is 7. The first-order chi connectivity index (χ1) is 17.9. The van der Waals surface area contributed by atoms with Gasteiger partial charge in [0.1, 0.15) is 11.0 Å². The molecule has 2 aromatic rings. The second-order valence-corrected chi connectivity index (χ2v) is 13.4. The minimum absolute atomic E-state index is 0.00759. The van der Waals surface area contributed by atoms with Crippen LogP contribution in [0, 0.1) is 5.92 Å². The van der Waals surface area contributed by atoms with Gasteiger partial charge in [0.25, 0.3) is 5.91 Å². The number of aromatic nitrogens is 1. The number of nitrogens with one attached hydrogen (secondary N) is 2. The Hall–Kier alpha value is -1.82. The zero-order chi connectivity index (χ0) is 27.5. The van der Waals surface area contributed by atoms with Gasteiger partial charge in [-0.25, -0.2) is 13.9 Å². The summed E-state index contributed by atoms with van der Waals surface area (Å²) in [5.41, 5.74) is -0.587. The Balaban J connectivity index is 1.70. The lowest BCUT2D eigenvalue weighted by Gasteiger charge is -2.22. The van der Waals surface area contributed by atoms with E-state index in [0.717, 1.165) is 55.9 Å². The SMILES string of the molecule is CC(C)(C)NS(=O)c1ccc(-c2sc(C(=O)NC3CCOCC3)nc2CC2CCCCC2)cc1C(F)(F)F. The van der Waals surface area contributed by atoms with Crippen LogP contribution in [0.5, 0.6) is 0 Å². The highest BCUT2D eigenvalue weighted by Gasteiger charge is 2.36. The largest absolute Gasteiger partial charge is 0.417 e. The molecule has 1 aliphatic heterocycles. The van der Waals surface area contributed by atoms with Gasteiger partial charge in [-0.3, -0.25) is 4.79 Å². The zero-order valence-corrected chi connectivity index (χ0v) is 23.7. The highest BCUT2D eigenvalue weighted by Crippen LogP contribution is 2.40. The first-order valence-corrected chi connectivity index (χ1v) is 15.2. The average Bonchev–Trinajstić information content (AvgIpc) is 3.27. The fourth-order valence-electron chi connectivity index (χ4n) is 4.95. The number of hydrogen-bond acceptors (Lipinski definition) is 5. The molecule has 0 spiro atoms. The maximum absolute atomic E-state index is 14.2. The van der Waals surface area contributed by atoms with Gasteiger partial charge in [0.2, 0.25) is 0 Å². The molecule has 2 fully saturated rings. The first kappa shape index (κ1) is 29.2. The number of nitrogens with zero attached hydrogens (tertiary/aromatic N) is 1. The average molecular weight is 572 g/mol. The van der Waals surface area contributed by atoms with E-state index in [4.69, 9.17) is 4.74 Å². The predicted molar refractivity (Wildman–Crippen MR) is 143 cm³/mol. The van der Waals surface area contributed by atoms with E-state index in [9.17, 15) is 22.2 Å². The molecule has 2 N–H and O–H groups in total. The van der Waals surface area contributed by atoms with Crippen LogP contribution in [0.3, 0.4) is 0 Å². The second-order valence-electron chi connectivity index (χ2n) is 11.2. The summed E-state index contributed by atoms with van der Waals surface area (Å²) in [4.78, 5) is 18.0. The summed E-state index contributed by atoms with van der Waals surface area (Å²) in [7, 11) is -2.05. The van der Waals surface area contributed by atoms with Crippen LogP contribution in [0.25, 0.3) is 10.4 Å². The van der Waals surface area contributed by atoms with Crippen molar-refractivity contribution in [3.8, 4) is 10.4 Å². The third-order valence-electron chi connectivity index (χ3n) is 6.80. The smallest absolute Gasteiger partial charge is 0.381 e.